The van der Waals surface area contributed by atoms with Crippen LogP contribution in [0, 0.1) is 0 Å². The minimum absolute atomic E-state index is 0.0194. The molecule has 0 saturated carbocycles. The van der Waals surface area contributed by atoms with Gasteiger partial charge >= 0.3 is 0 Å². The Kier molecular flexibility index (Phi) is 5.22. The Morgan fingerprint density at radius 1 is 1.03 bits per heavy atom. The number of carbonyl (C=O) groups excluding carboxylic acids is 3. The van der Waals surface area contributed by atoms with E-state index in [0.717, 1.165) is 22.6 Å². The molecule has 0 unspecified atom stereocenters. The number of imide groups is 1. The van der Waals surface area contributed by atoms with Crippen LogP contribution in [0.2, 0.25) is 0 Å². The first-order valence-corrected chi connectivity index (χ1v) is 10.2. The number of nitrogens with one attached hydrogen (secondary N) is 1. The van der Waals surface area contributed by atoms with E-state index in [9.17, 15) is 14.4 Å². The second-order valence-electron chi connectivity index (χ2n) is 6.69. The Labute approximate surface area is 172 Å². The molecule has 146 valence electrons. The van der Waals surface area contributed by atoms with Gasteiger partial charge in [0.05, 0.1) is 16.8 Å². The molecule has 0 aliphatic carbocycles. The van der Waals surface area contributed by atoms with E-state index < -0.39 is 0 Å². The lowest BCUT2D eigenvalue weighted by Crippen LogP contribution is -2.32. The molecule has 0 fully saturated rings. The molecule has 1 N–H and O–H groups in total. The molecule has 6 nitrogen and oxygen atoms in total. The third-order valence-electron chi connectivity index (χ3n) is 4.85. The molecule has 0 atom stereocenters. The molecular weight excluding hydrogens is 386 g/mol. The fourth-order valence-corrected chi connectivity index (χ4v) is 3.95. The van der Waals surface area contributed by atoms with E-state index in [1.54, 1.807) is 24.3 Å². The maximum Gasteiger partial charge on any atom is 0.261 e. The van der Waals surface area contributed by atoms with E-state index in [1.807, 2.05) is 17.5 Å². The summed E-state index contributed by atoms with van der Waals surface area (Å²) in [5.41, 5.74) is 3.82. The van der Waals surface area contributed by atoms with Crippen molar-refractivity contribution in [3.8, 4) is 11.3 Å². The van der Waals surface area contributed by atoms with Crippen LogP contribution < -0.4 is 5.32 Å². The van der Waals surface area contributed by atoms with Gasteiger partial charge in [-0.05, 0) is 24.1 Å². The number of benzene rings is 2. The molecule has 2 heterocycles. The lowest BCUT2D eigenvalue weighted by Gasteiger charge is -2.12. The second-order valence-corrected chi connectivity index (χ2v) is 7.55. The van der Waals surface area contributed by atoms with Gasteiger partial charge in [0, 0.05) is 23.9 Å². The van der Waals surface area contributed by atoms with Crippen molar-refractivity contribution in [3.63, 3.8) is 0 Å². The zero-order valence-corrected chi connectivity index (χ0v) is 16.7. The van der Waals surface area contributed by atoms with E-state index in [4.69, 9.17) is 0 Å². The predicted octanol–water partition coefficient (Wildman–Crippen LogP) is 4.00. The predicted molar refractivity (Wildman–Crippen MR) is 112 cm³/mol. The Hall–Kier alpha value is -3.32. The fourth-order valence-electron chi connectivity index (χ4n) is 3.21. The summed E-state index contributed by atoms with van der Waals surface area (Å²) >= 11 is 1.34. The fraction of sp³-hybridized carbons (Fsp3) is 0.182. The van der Waals surface area contributed by atoms with Crippen LogP contribution in [-0.4, -0.2) is 34.2 Å². The number of rotatable bonds is 6. The zero-order valence-electron chi connectivity index (χ0n) is 15.8. The SMILES string of the molecule is CCc1ccc(-c2csc(NC(=O)CCN3C(=O)c4ccccc4C3=O)n2)cc1. The summed E-state index contributed by atoms with van der Waals surface area (Å²) in [6.45, 7) is 2.14. The van der Waals surface area contributed by atoms with Crippen LogP contribution >= 0.6 is 11.3 Å². The average Bonchev–Trinajstić information content (AvgIpc) is 3.30. The average molecular weight is 405 g/mol. The zero-order chi connectivity index (χ0) is 20.4. The summed E-state index contributed by atoms with van der Waals surface area (Å²) in [6.07, 6.45) is 0.997. The highest BCUT2D eigenvalue weighted by molar-refractivity contribution is 7.14. The van der Waals surface area contributed by atoms with Crippen molar-refractivity contribution < 1.29 is 14.4 Å². The van der Waals surface area contributed by atoms with Crippen molar-refractivity contribution in [1.29, 1.82) is 0 Å². The molecule has 1 aliphatic heterocycles. The first-order valence-electron chi connectivity index (χ1n) is 9.36. The van der Waals surface area contributed by atoms with E-state index in [0.29, 0.717) is 16.3 Å². The minimum atomic E-state index is -0.356. The lowest BCUT2D eigenvalue weighted by atomic mass is 10.1. The molecule has 3 amide bonds. The van der Waals surface area contributed by atoms with E-state index in [1.165, 1.54) is 16.9 Å². The normalized spacial score (nSPS) is 12.9. The van der Waals surface area contributed by atoms with E-state index >= 15 is 0 Å². The van der Waals surface area contributed by atoms with Crippen LogP contribution in [0.3, 0.4) is 0 Å². The Morgan fingerprint density at radius 3 is 2.31 bits per heavy atom. The van der Waals surface area contributed by atoms with Gasteiger partial charge in [-0.1, -0.05) is 43.3 Å². The van der Waals surface area contributed by atoms with Gasteiger partial charge in [0.15, 0.2) is 5.13 Å². The van der Waals surface area contributed by atoms with Crippen molar-refractivity contribution in [2.45, 2.75) is 19.8 Å². The van der Waals surface area contributed by atoms with Gasteiger partial charge in [-0.15, -0.1) is 11.3 Å². The molecular formula is C22H19N3O3S. The number of hydrogen-bond acceptors (Lipinski definition) is 5. The Morgan fingerprint density at radius 2 is 1.69 bits per heavy atom. The molecule has 0 spiro atoms. The summed E-state index contributed by atoms with van der Waals surface area (Å²) in [4.78, 5) is 42.6. The second kappa shape index (κ2) is 7.97. The molecule has 3 aromatic rings. The van der Waals surface area contributed by atoms with Crippen LogP contribution in [0.25, 0.3) is 11.3 Å². The van der Waals surface area contributed by atoms with Crippen LogP contribution in [0.1, 0.15) is 39.6 Å². The van der Waals surface area contributed by atoms with Gasteiger partial charge in [0.25, 0.3) is 11.8 Å². The monoisotopic (exact) mass is 405 g/mol. The number of aromatic nitrogens is 1. The third kappa shape index (κ3) is 3.82. The molecule has 29 heavy (non-hydrogen) atoms. The molecule has 0 saturated heterocycles. The topological polar surface area (TPSA) is 79.4 Å². The highest BCUT2D eigenvalue weighted by Crippen LogP contribution is 2.26. The largest absolute Gasteiger partial charge is 0.302 e. The Balaban J connectivity index is 1.35. The quantitative estimate of drug-likeness (QED) is 0.629. The van der Waals surface area contributed by atoms with Crippen molar-refractivity contribution in [1.82, 2.24) is 9.88 Å². The summed E-state index contributed by atoms with van der Waals surface area (Å²) in [5, 5.41) is 5.13. The van der Waals surface area contributed by atoms with Crippen molar-refractivity contribution in [2.24, 2.45) is 0 Å². The number of hydrogen-bond donors (Lipinski definition) is 1. The van der Waals surface area contributed by atoms with Gasteiger partial charge in [-0.2, -0.15) is 0 Å². The first kappa shape index (κ1) is 19.0. The number of fused-ring (bicyclic) bond motifs is 1. The molecule has 1 aromatic heterocycles. The van der Waals surface area contributed by atoms with Gasteiger partial charge in [-0.25, -0.2) is 4.98 Å². The maximum absolute atomic E-state index is 12.3. The van der Waals surface area contributed by atoms with Crippen molar-refractivity contribution in [2.75, 3.05) is 11.9 Å². The van der Waals surface area contributed by atoms with Crippen LogP contribution in [-0.2, 0) is 11.2 Å². The lowest BCUT2D eigenvalue weighted by molar-refractivity contribution is -0.116. The van der Waals surface area contributed by atoms with Gasteiger partial charge in [-0.3, -0.25) is 19.3 Å². The minimum Gasteiger partial charge on any atom is -0.302 e. The van der Waals surface area contributed by atoms with Gasteiger partial charge in [0.2, 0.25) is 5.91 Å². The molecule has 7 heteroatoms. The third-order valence-corrected chi connectivity index (χ3v) is 5.61. The summed E-state index contributed by atoms with van der Waals surface area (Å²) in [6, 6.07) is 14.8. The van der Waals surface area contributed by atoms with Crippen LogP contribution in [0.15, 0.2) is 53.9 Å². The number of nitrogens with zero attached hydrogens (tertiary/aromatic N) is 2. The van der Waals surface area contributed by atoms with E-state index in [-0.39, 0.29) is 30.7 Å². The number of amides is 3. The van der Waals surface area contributed by atoms with E-state index in [2.05, 4.69) is 29.4 Å². The number of aryl methyl sites for hydroxylation is 1. The number of thiazole rings is 1. The van der Waals surface area contributed by atoms with Crippen molar-refractivity contribution in [3.05, 3.63) is 70.6 Å². The highest BCUT2D eigenvalue weighted by Gasteiger charge is 2.34. The number of carbonyl (C=O) groups is 3. The highest BCUT2D eigenvalue weighted by atomic mass is 32.1. The summed E-state index contributed by atoms with van der Waals surface area (Å²) in [5.74, 6) is -1.00. The molecule has 0 bridgehead atoms. The number of anilines is 1. The molecule has 1 aliphatic rings. The maximum atomic E-state index is 12.3. The standard InChI is InChI=1S/C22H19N3O3S/c1-2-14-7-9-15(10-8-14)18-13-29-22(23-18)24-19(26)11-12-25-20(27)16-5-3-4-6-17(16)21(25)28/h3-10,13H,2,11-12H2,1H3,(H,23,24,26). The smallest absolute Gasteiger partial charge is 0.261 e. The Bertz CT molecular complexity index is 1050. The van der Waals surface area contributed by atoms with Crippen LogP contribution in [0.4, 0.5) is 5.13 Å². The summed E-state index contributed by atoms with van der Waals surface area (Å²) < 4.78 is 0. The van der Waals surface area contributed by atoms with Gasteiger partial charge in [0.1, 0.15) is 0 Å². The summed E-state index contributed by atoms with van der Waals surface area (Å²) in [7, 11) is 0. The molecule has 4 rings (SSSR count). The molecule has 2 aromatic carbocycles. The van der Waals surface area contributed by atoms with Crippen molar-refractivity contribution >= 4 is 34.2 Å². The van der Waals surface area contributed by atoms with Crippen LogP contribution in [0.5, 0.6) is 0 Å². The van der Waals surface area contributed by atoms with Gasteiger partial charge < -0.3 is 5.32 Å². The first-order chi connectivity index (χ1) is 14.1. The molecule has 0 radical (unpaired) electrons.